The van der Waals surface area contributed by atoms with Gasteiger partial charge in [-0.2, -0.15) is 0 Å². The monoisotopic (exact) mass is 334 g/mol. The summed E-state index contributed by atoms with van der Waals surface area (Å²) in [6, 6.07) is 13.5. The number of hydrogen-bond acceptors (Lipinski definition) is 4. The lowest BCUT2D eigenvalue weighted by molar-refractivity contribution is 0.188. The Morgan fingerprint density at radius 2 is 2.00 bits per heavy atom. The van der Waals surface area contributed by atoms with Crippen molar-refractivity contribution < 1.29 is 13.2 Å². The first-order valence-corrected chi connectivity index (χ1v) is 9.49. The van der Waals surface area contributed by atoms with Crippen LogP contribution in [0.5, 0.6) is 0 Å². The molecule has 2 atom stereocenters. The fraction of sp³-hybridized carbons (Fsp3) is 0.412. The summed E-state index contributed by atoms with van der Waals surface area (Å²) in [5.74, 6) is 0.166. The lowest BCUT2D eigenvalue weighted by atomic mass is 10.0. The molecule has 5 nitrogen and oxygen atoms in total. The smallest absolute Gasteiger partial charge is 0.212 e. The van der Waals surface area contributed by atoms with Crippen molar-refractivity contribution in [2.75, 3.05) is 25.5 Å². The van der Waals surface area contributed by atoms with Gasteiger partial charge in [-0.3, -0.25) is 0 Å². The minimum atomic E-state index is -3.39. The maximum Gasteiger partial charge on any atom is 0.212 e. The molecule has 0 aromatic heterocycles. The molecule has 0 spiro atoms. The van der Waals surface area contributed by atoms with Gasteiger partial charge in [0.1, 0.15) is 0 Å². The van der Waals surface area contributed by atoms with E-state index >= 15 is 0 Å². The Hall–Kier alpha value is -1.47. The van der Waals surface area contributed by atoms with Crippen molar-refractivity contribution in [2.45, 2.75) is 12.5 Å². The summed E-state index contributed by atoms with van der Waals surface area (Å²) < 4.78 is 32.7. The fourth-order valence-corrected chi connectivity index (χ4v) is 4.61. The number of ether oxygens (including phenoxy) is 1. The molecule has 124 valence electrons. The van der Waals surface area contributed by atoms with Crippen LogP contribution in [0, 0.1) is 5.92 Å². The molecule has 3 rings (SSSR count). The minimum Gasteiger partial charge on any atom is -0.381 e. The first-order valence-electron chi connectivity index (χ1n) is 7.84. The highest BCUT2D eigenvalue weighted by Crippen LogP contribution is 2.21. The molecule has 1 heterocycles. The van der Waals surface area contributed by atoms with Crippen LogP contribution >= 0.6 is 0 Å². The number of fused-ring (bicyclic) bond motifs is 1. The molecule has 2 aromatic carbocycles. The van der Waals surface area contributed by atoms with Crippen molar-refractivity contribution in [3.05, 3.63) is 48.0 Å². The van der Waals surface area contributed by atoms with Crippen molar-refractivity contribution in [3.8, 4) is 0 Å². The number of hydrogen-bond donors (Lipinski definition) is 2. The van der Waals surface area contributed by atoms with Gasteiger partial charge in [0.15, 0.2) is 0 Å². The van der Waals surface area contributed by atoms with Crippen LogP contribution in [0.3, 0.4) is 0 Å². The number of nitrogens with two attached hydrogens (primary N) is 1. The maximum absolute atomic E-state index is 12.4. The molecule has 6 heteroatoms. The number of benzene rings is 2. The third kappa shape index (κ3) is 4.09. The van der Waals surface area contributed by atoms with Gasteiger partial charge < -0.3 is 10.5 Å². The average Bonchev–Trinajstić information content (AvgIpc) is 3.04. The molecular formula is C17H22N2O3S. The zero-order chi connectivity index (χ0) is 16.3. The van der Waals surface area contributed by atoms with Crippen molar-refractivity contribution in [2.24, 2.45) is 11.7 Å². The van der Waals surface area contributed by atoms with E-state index in [1.807, 2.05) is 42.5 Å². The van der Waals surface area contributed by atoms with E-state index in [4.69, 9.17) is 10.5 Å². The first kappa shape index (κ1) is 16.4. The zero-order valence-electron chi connectivity index (χ0n) is 12.9. The second kappa shape index (κ2) is 6.97. The van der Waals surface area contributed by atoms with Crippen LogP contribution in [0.2, 0.25) is 0 Å². The Balaban J connectivity index is 1.77. The van der Waals surface area contributed by atoms with Gasteiger partial charge in [0.25, 0.3) is 0 Å². The van der Waals surface area contributed by atoms with Crippen molar-refractivity contribution >= 4 is 20.8 Å². The van der Waals surface area contributed by atoms with Gasteiger partial charge >= 0.3 is 0 Å². The highest BCUT2D eigenvalue weighted by atomic mass is 32.2. The molecule has 1 aliphatic heterocycles. The largest absolute Gasteiger partial charge is 0.381 e. The molecule has 1 fully saturated rings. The van der Waals surface area contributed by atoms with Gasteiger partial charge in [-0.25, -0.2) is 13.1 Å². The van der Waals surface area contributed by atoms with E-state index in [9.17, 15) is 8.42 Å². The average molecular weight is 334 g/mol. The Morgan fingerprint density at radius 1 is 1.22 bits per heavy atom. The molecule has 3 N–H and O–H groups in total. The van der Waals surface area contributed by atoms with Crippen LogP contribution < -0.4 is 10.5 Å². The normalized spacial score (nSPS) is 20.0. The first-order chi connectivity index (χ1) is 11.1. The van der Waals surface area contributed by atoms with Gasteiger partial charge in [-0.1, -0.05) is 36.4 Å². The van der Waals surface area contributed by atoms with E-state index in [0.29, 0.717) is 13.2 Å². The van der Waals surface area contributed by atoms with Crippen molar-refractivity contribution in [1.82, 2.24) is 4.72 Å². The summed E-state index contributed by atoms with van der Waals surface area (Å²) in [4.78, 5) is 0. The Kier molecular flexibility index (Phi) is 4.96. The lowest BCUT2D eigenvalue weighted by Crippen LogP contribution is -2.36. The Morgan fingerprint density at radius 3 is 2.70 bits per heavy atom. The summed E-state index contributed by atoms with van der Waals surface area (Å²) >= 11 is 0. The maximum atomic E-state index is 12.4. The molecule has 0 saturated carbocycles. The Bertz CT molecular complexity index is 770. The second-order valence-electron chi connectivity index (χ2n) is 6.02. The summed E-state index contributed by atoms with van der Waals surface area (Å²) in [6.07, 6.45) is 0.796. The van der Waals surface area contributed by atoms with E-state index in [2.05, 4.69) is 4.72 Å². The standard InChI is InChI=1S/C17H22N2O3S/c18-10-17(19-23(20,21)12-13-7-8-22-11-13)16-6-5-14-3-1-2-4-15(14)9-16/h1-6,9,13,17,19H,7-8,10-12,18H2. The summed E-state index contributed by atoms with van der Waals surface area (Å²) in [7, 11) is -3.39. The summed E-state index contributed by atoms with van der Waals surface area (Å²) in [5.41, 5.74) is 6.70. The molecule has 1 saturated heterocycles. The highest BCUT2D eigenvalue weighted by molar-refractivity contribution is 7.89. The van der Waals surface area contributed by atoms with Gasteiger partial charge in [0.05, 0.1) is 18.4 Å². The van der Waals surface area contributed by atoms with E-state index in [-0.39, 0.29) is 18.2 Å². The van der Waals surface area contributed by atoms with E-state index in [1.54, 1.807) is 0 Å². The third-order valence-corrected chi connectivity index (χ3v) is 5.77. The molecule has 1 aliphatic rings. The van der Waals surface area contributed by atoms with Gasteiger partial charge in [0, 0.05) is 13.2 Å². The summed E-state index contributed by atoms with van der Waals surface area (Å²) in [6.45, 7) is 1.38. The van der Waals surface area contributed by atoms with Crippen LogP contribution in [0.15, 0.2) is 42.5 Å². The van der Waals surface area contributed by atoms with E-state index in [1.165, 1.54) is 0 Å². The number of sulfonamides is 1. The van der Waals surface area contributed by atoms with Crippen LogP contribution in [0.25, 0.3) is 10.8 Å². The quantitative estimate of drug-likeness (QED) is 0.844. The second-order valence-corrected chi connectivity index (χ2v) is 7.82. The lowest BCUT2D eigenvalue weighted by Gasteiger charge is -2.19. The predicted molar refractivity (Wildman–Crippen MR) is 91.6 cm³/mol. The predicted octanol–water partition coefficient (Wildman–Crippen LogP) is 1.80. The van der Waals surface area contributed by atoms with Crippen molar-refractivity contribution in [3.63, 3.8) is 0 Å². The molecule has 2 unspecified atom stereocenters. The third-order valence-electron chi connectivity index (χ3n) is 4.21. The minimum absolute atomic E-state index is 0.0718. The van der Waals surface area contributed by atoms with Gasteiger partial charge in [-0.15, -0.1) is 0 Å². The Labute approximate surface area is 136 Å². The van der Waals surface area contributed by atoms with Crippen LogP contribution in [0.1, 0.15) is 18.0 Å². The molecular weight excluding hydrogens is 312 g/mol. The van der Waals surface area contributed by atoms with Gasteiger partial charge in [-0.05, 0) is 34.7 Å². The molecule has 2 aromatic rings. The molecule has 0 bridgehead atoms. The molecule has 23 heavy (non-hydrogen) atoms. The number of nitrogens with one attached hydrogen (secondary N) is 1. The van der Waals surface area contributed by atoms with Gasteiger partial charge in [0.2, 0.25) is 10.0 Å². The molecule has 0 radical (unpaired) electrons. The molecule has 0 aliphatic carbocycles. The van der Waals surface area contributed by atoms with Crippen LogP contribution in [-0.2, 0) is 14.8 Å². The van der Waals surface area contributed by atoms with Crippen LogP contribution in [-0.4, -0.2) is 33.9 Å². The fourth-order valence-electron chi connectivity index (χ4n) is 2.97. The van der Waals surface area contributed by atoms with Crippen LogP contribution in [0.4, 0.5) is 0 Å². The highest BCUT2D eigenvalue weighted by Gasteiger charge is 2.25. The van der Waals surface area contributed by atoms with Crippen molar-refractivity contribution in [1.29, 1.82) is 0 Å². The zero-order valence-corrected chi connectivity index (χ0v) is 13.8. The van der Waals surface area contributed by atoms with E-state index in [0.717, 1.165) is 22.8 Å². The number of rotatable bonds is 6. The molecule has 0 amide bonds. The van der Waals surface area contributed by atoms with E-state index < -0.39 is 16.1 Å². The topological polar surface area (TPSA) is 81.4 Å². The SMILES string of the molecule is NCC(NS(=O)(=O)CC1CCOC1)c1ccc2ccccc2c1. The summed E-state index contributed by atoms with van der Waals surface area (Å²) in [5, 5.41) is 2.20.